The number of benzene rings is 2. The van der Waals surface area contributed by atoms with Crippen LogP contribution in [0.5, 0.6) is 0 Å². The molecule has 2 aromatic rings. The van der Waals surface area contributed by atoms with Crippen LogP contribution in [0.4, 0.5) is 0 Å². The lowest BCUT2D eigenvalue weighted by Crippen LogP contribution is -2.42. The first-order valence-corrected chi connectivity index (χ1v) is 6.06. The minimum absolute atomic E-state index is 0.272. The Morgan fingerprint density at radius 3 is 2.65 bits per heavy atom. The average molecular weight is 225 g/mol. The van der Waals surface area contributed by atoms with E-state index in [1.807, 2.05) is 30.3 Å². The van der Waals surface area contributed by atoms with E-state index in [0.29, 0.717) is 12.3 Å². The molecule has 1 N–H and O–H groups in total. The summed E-state index contributed by atoms with van der Waals surface area (Å²) in [7, 11) is 0. The number of nitrogens with one attached hydrogen (secondary N) is 1. The highest BCUT2D eigenvalue weighted by molar-refractivity contribution is 6.08. The monoisotopic (exact) mass is 225 g/mol. The molecule has 0 radical (unpaired) electrons. The summed E-state index contributed by atoms with van der Waals surface area (Å²) in [5, 5.41) is 5.42. The fraction of sp³-hybridized carbons (Fsp3) is 0.267. The van der Waals surface area contributed by atoms with Gasteiger partial charge in [-0.3, -0.25) is 4.79 Å². The Labute approximate surface area is 101 Å². The quantitative estimate of drug-likeness (QED) is 0.814. The Hall–Kier alpha value is -1.67. The molecule has 0 aromatic heterocycles. The van der Waals surface area contributed by atoms with Crippen molar-refractivity contribution in [3.05, 3.63) is 48.0 Å². The number of hydrogen-bond acceptors (Lipinski definition) is 2. The molecule has 1 saturated heterocycles. The number of rotatable bonds is 3. The molecule has 1 heterocycles. The second kappa shape index (κ2) is 4.30. The summed E-state index contributed by atoms with van der Waals surface area (Å²) in [6.45, 7) is 1.97. The highest BCUT2D eigenvalue weighted by atomic mass is 16.1. The summed E-state index contributed by atoms with van der Waals surface area (Å²) in [5.74, 6) is 0.801. The number of Topliss-reactive ketones (excluding diaryl/α,β-unsaturated/α-hetero) is 1. The van der Waals surface area contributed by atoms with Gasteiger partial charge in [-0.15, -0.1) is 0 Å². The molecule has 0 aliphatic carbocycles. The van der Waals surface area contributed by atoms with Crippen molar-refractivity contribution in [1.82, 2.24) is 5.32 Å². The van der Waals surface area contributed by atoms with Gasteiger partial charge in [0, 0.05) is 12.0 Å². The minimum atomic E-state index is 0.272. The minimum Gasteiger partial charge on any atom is -0.316 e. The summed E-state index contributed by atoms with van der Waals surface area (Å²) < 4.78 is 0. The predicted octanol–water partition coefficient (Wildman–Crippen LogP) is 2.63. The van der Waals surface area contributed by atoms with Gasteiger partial charge < -0.3 is 5.32 Å². The molecule has 0 saturated carbocycles. The molecule has 0 spiro atoms. The summed E-state index contributed by atoms with van der Waals surface area (Å²) in [6, 6.07) is 14.0. The maximum absolute atomic E-state index is 12.2. The van der Waals surface area contributed by atoms with Gasteiger partial charge in [0.25, 0.3) is 0 Å². The van der Waals surface area contributed by atoms with Crippen LogP contribution >= 0.6 is 0 Å². The van der Waals surface area contributed by atoms with Gasteiger partial charge in [-0.2, -0.15) is 0 Å². The van der Waals surface area contributed by atoms with E-state index in [4.69, 9.17) is 0 Å². The standard InChI is InChI=1S/C15H15NO/c17-15(8-11-9-16-10-11)14-7-3-5-12-4-1-2-6-13(12)14/h1-7,11,16H,8-10H2. The number of carbonyl (C=O) groups is 1. The molecule has 1 aliphatic heterocycles. The zero-order valence-corrected chi connectivity index (χ0v) is 9.65. The van der Waals surface area contributed by atoms with E-state index in [-0.39, 0.29) is 5.78 Å². The third-order valence-electron chi connectivity index (χ3n) is 3.43. The fourth-order valence-electron chi connectivity index (χ4n) is 2.33. The van der Waals surface area contributed by atoms with Gasteiger partial charge in [-0.1, -0.05) is 42.5 Å². The Bertz CT molecular complexity index is 552. The van der Waals surface area contributed by atoms with E-state index in [1.54, 1.807) is 0 Å². The molecule has 2 nitrogen and oxygen atoms in total. The van der Waals surface area contributed by atoms with Crippen LogP contribution in [0.25, 0.3) is 10.8 Å². The van der Waals surface area contributed by atoms with Gasteiger partial charge in [0.05, 0.1) is 0 Å². The van der Waals surface area contributed by atoms with Crippen LogP contribution in [0.2, 0.25) is 0 Å². The van der Waals surface area contributed by atoms with Crippen molar-refractivity contribution in [1.29, 1.82) is 0 Å². The zero-order chi connectivity index (χ0) is 11.7. The Morgan fingerprint density at radius 2 is 1.88 bits per heavy atom. The molecule has 0 bridgehead atoms. The summed E-state index contributed by atoms with van der Waals surface area (Å²) in [4.78, 5) is 12.2. The Morgan fingerprint density at radius 1 is 1.12 bits per heavy atom. The maximum atomic E-state index is 12.2. The molecule has 1 aliphatic rings. The first kappa shape index (κ1) is 10.5. The third kappa shape index (κ3) is 1.96. The Kier molecular flexibility index (Phi) is 2.65. The van der Waals surface area contributed by atoms with Gasteiger partial charge in [0.1, 0.15) is 0 Å². The van der Waals surface area contributed by atoms with Crippen molar-refractivity contribution in [3.63, 3.8) is 0 Å². The molecule has 86 valence electrons. The van der Waals surface area contributed by atoms with Crippen LogP contribution < -0.4 is 5.32 Å². The van der Waals surface area contributed by atoms with Crippen LogP contribution in [0.1, 0.15) is 16.8 Å². The van der Waals surface area contributed by atoms with Crippen molar-refractivity contribution >= 4 is 16.6 Å². The van der Waals surface area contributed by atoms with Gasteiger partial charge in [-0.25, -0.2) is 0 Å². The summed E-state index contributed by atoms with van der Waals surface area (Å²) >= 11 is 0. The molecule has 0 atom stereocenters. The maximum Gasteiger partial charge on any atom is 0.163 e. The van der Waals surface area contributed by atoms with E-state index < -0.39 is 0 Å². The van der Waals surface area contributed by atoms with Gasteiger partial charge in [0.15, 0.2) is 5.78 Å². The average Bonchev–Trinajstić information content (AvgIpc) is 2.33. The predicted molar refractivity (Wildman–Crippen MR) is 69.3 cm³/mol. The van der Waals surface area contributed by atoms with Crippen LogP contribution in [0.15, 0.2) is 42.5 Å². The lowest BCUT2D eigenvalue weighted by Gasteiger charge is -2.26. The topological polar surface area (TPSA) is 29.1 Å². The van der Waals surface area contributed by atoms with Crippen molar-refractivity contribution in [2.24, 2.45) is 5.92 Å². The SMILES string of the molecule is O=C(CC1CNC1)c1cccc2ccccc12. The molecule has 17 heavy (non-hydrogen) atoms. The van der Waals surface area contributed by atoms with E-state index in [0.717, 1.165) is 29.4 Å². The largest absolute Gasteiger partial charge is 0.316 e. The van der Waals surface area contributed by atoms with Crippen molar-refractivity contribution in [2.75, 3.05) is 13.1 Å². The number of fused-ring (bicyclic) bond motifs is 1. The van der Waals surface area contributed by atoms with E-state index in [1.165, 1.54) is 0 Å². The first-order chi connectivity index (χ1) is 8.34. The first-order valence-electron chi connectivity index (χ1n) is 6.06. The third-order valence-corrected chi connectivity index (χ3v) is 3.43. The second-order valence-electron chi connectivity index (χ2n) is 4.68. The number of carbonyl (C=O) groups excluding carboxylic acids is 1. The molecule has 3 rings (SSSR count). The van der Waals surface area contributed by atoms with Crippen molar-refractivity contribution in [3.8, 4) is 0 Å². The van der Waals surface area contributed by atoms with Crippen LogP contribution in [-0.2, 0) is 0 Å². The van der Waals surface area contributed by atoms with Gasteiger partial charge in [-0.05, 0) is 29.8 Å². The lowest BCUT2D eigenvalue weighted by molar-refractivity contribution is 0.0947. The molecule has 0 unspecified atom stereocenters. The molecule has 0 amide bonds. The molecule has 1 fully saturated rings. The number of hydrogen-bond donors (Lipinski definition) is 1. The Balaban J connectivity index is 1.95. The fourth-order valence-corrected chi connectivity index (χ4v) is 2.33. The van der Waals surface area contributed by atoms with E-state index in [9.17, 15) is 4.79 Å². The van der Waals surface area contributed by atoms with Gasteiger partial charge in [0.2, 0.25) is 0 Å². The van der Waals surface area contributed by atoms with Crippen LogP contribution in [-0.4, -0.2) is 18.9 Å². The molecule has 2 heteroatoms. The normalized spacial score (nSPS) is 15.8. The zero-order valence-electron chi connectivity index (χ0n) is 9.65. The van der Waals surface area contributed by atoms with Crippen LogP contribution in [0.3, 0.4) is 0 Å². The molecular weight excluding hydrogens is 210 g/mol. The number of ketones is 1. The van der Waals surface area contributed by atoms with Crippen molar-refractivity contribution in [2.45, 2.75) is 6.42 Å². The molecular formula is C15H15NO. The van der Waals surface area contributed by atoms with E-state index in [2.05, 4.69) is 17.4 Å². The highest BCUT2D eigenvalue weighted by Crippen LogP contribution is 2.22. The summed E-state index contributed by atoms with van der Waals surface area (Å²) in [6.07, 6.45) is 0.668. The summed E-state index contributed by atoms with van der Waals surface area (Å²) in [5.41, 5.74) is 0.870. The smallest absolute Gasteiger partial charge is 0.163 e. The molecule has 2 aromatic carbocycles. The van der Waals surface area contributed by atoms with Crippen LogP contribution in [0, 0.1) is 5.92 Å². The van der Waals surface area contributed by atoms with E-state index >= 15 is 0 Å². The van der Waals surface area contributed by atoms with Crippen molar-refractivity contribution < 1.29 is 4.79 Å². The lowest BCUT2D eigenvalue weighted by atomic mass is 9.91. The second-order valence-corrected chi connectivity index (χ2v) is 4.68. The van der Waals surface area contributed by atoms with Gasteiger partial charge >= 0.3 is 0 Å². The highest BCUT2D eigenvalue weighted by Gasteiger charge is 2.21.